The predicted molar refractivity (Wildman–Crippen MR) is 184 cm³/mol. The number of rotatable bonds is 2. The van der Waals surface area contributed by atoms with E-state index in [0.717, 1.165) is 49.7 Å². The zero-order chi connectivity index (χ0) is 29.9. The van der Waals surface area contributed by atoms with E-state index in [9.17, 15) is 0 Å². The van der Waals surface area contributed by atoms with Gasteiger partial charge in [0.15, 0.2) is 17.2 Å². The Morgan fingerprint density at radius 3 is 2.18 bits per heavy atom. The molecule has 10 rings (SSSR count). The van der Waals surface area contributed by atoms with Gasteiger partial charge in [-0.05, 0) is 63.4 Å². The van der Waals surface area contributed by atoms with E-state index in [1.165, 1.54) is 33.0 Å². The van der Waals surface area contributed by atoms with Crippen molar-refractivity contribution in [2.75, 3.05) is 0 Å². The van der Waals surface area contributed by atoms with Crippen LogP contribution in [0, 0.1) is 0 Å². The topological polar surface area (TPSA) is 43.9 Å². The van der Waals surface area contributed by atoms with Crippen molar-refractivity contribution in [1.82, 2.24) is 14.5 Å². The SMILES string of the molecule is CC1(C)c2ccccc2-c2cc3c(cc21)c1ccccc1n3-c1nc(-c2ccccc2)nc2c1oc1cc3ccccc3cc12. The molecule has 212 valence electrons. The highest BCUT2D eigenvalue weighted by molar-refractivity contribution is 6.14. The van der Waals surface area contributed by atoms with Gasteiger partial charge in [-0.3, -0.25) is 4.57 Å². The van der Waals surface area contributed by atoms with E-state index in [4.69, 9.17) is 14.4 Å². The van der Waals surface area contributed by atoms with Crippen LogP contribution < -0.4 is 0 Å². The molecule has 6 aromatic carbocycles. The second-order valence-electron chi connectivity index (χ2n) is 12.7. The molecule has 0 radical (unpaired) electrons. The Morgan fingerprint density at radius 1 is 0.578 bits per heavy atom. The van der Waals surface area contributed by atoms with E-state index in [-0.39, 0.29) is 5.41 Å². The molecule has 3 aromatic heterocycles. The van der Waals surface area contributed by atoms with Crippen molar-refractivity contribution >= 4 is 54.6 Å². The second kappa shape index (κ2) is 8.67. The molecule has 0 atom stereocenters. The van der Waals surface area contributed by atoms with Crippen molar-refractivity contribution in [2.24, 2.45) is 0 Å². The average molecular weight is 578 g/mol. The predicted octanol–water partition coefficient (Wildman–Crippen LogP) is 10.6. The number of nitrogens with zero attached hydrogens (tertiary/aromatic N) is 3. The maximum absolute atomic E-state index is 6.74. The minimum Gasteiger partial charge on any atom is -0.450 e. The first-order valence-electron chi connectivity index (χ1n) is 15.4. The van der Waals surface area contributed by atoms with Crippen molar-refractivity contribution in [3.63, 3.8) is 0 Å². The smallest absolute Gasteiger partial charge is 0.197 e. The van der Waals surface area contributed by atoms with Gasteiger partial charge in [-0.2, -0.15) is 0 Å². The summed E-state index contributed by atoms with van der Waals surface area (Å²) in [6.07, 6.45) is 0. The summed E-state index contributed by atoms with van der Waals surface area (Å²) in [6.45, 7) is 4.67. The molecule has 45 heavy (non-hydrogen) atoms. The summed E-state index contributed by atoms with van der Waals surface area (Å²) in [6, 6.07) is 45.2. The van der Waals surface area contributed by atoms with Gasteiger partial charge in [0.25, 0.3) is 0 Å². The summed E-state index contributed by atoms with van der Waals surface area (Å²) >= 11 is 0. The number of para-hydroxylation sites is 1. The highest BCUT2D eigenvalue weighted by Crippen LogP contribution is 2.51. The van der Waals surface area contributed by atoms with Gasteiger partial charge in [0, 0.05) is 27.1 Å². The van der Waals surface area contributed by atoms with Crippen LogP contribution in [0.5, 0.6) is 0 Å². The third kappa shape index (κ3) is 3.31. The fourth-order valence-corrected chi connectivity index (χ4v) is 7.57. The van der Waals surface area contributed by atoms with Gasteiger partial charge in [0.1, 0.15) is 11.1 Å². The van der Waals surface area contributed by atoms with Gasteiger partial charge in [-0.1, -0.05) is 111 Å². The lowest BCUT2D eigenvalue weighted by molar-refractivity contribution is 0.661. The van der Waals surface area contributed by atoms with Crippen LogP contribution in [0.25, 0.3) is 83.0 Å². The second-order valence-corrected chi connectivity index (χ2v) is 12.7. The zero-order valence-electron chi connectivity index (χ0n) is 24.9. The van der Waals surface area contributed by atoms with Gasteiger partial charge >= 0.3 is 0 Å². The maximum Gasteiger partial charge on any atom is 0.197 e. The Kier molecular flexibility index (Phi) is 4.76. The highest BCUT2D eigenvalue weighted by atomic mass is 16.3. The maximum atomic E-state index is 6.74. The van der Waals surface area contributed by atoms with Crippen molar-refractivity contribution in [3.05, 3.63) is 139 Å². The molecule has 3 heterocycles. The lowest BCUT2D eigenvalue weighted by Crippen LogP contribution is -2.14. The number of hydrogen-bond acceptors (Lipinski definition) is 3. The summed E-state index contributed by atoms with van der Waals surface area (Å²) in [4.78, 5) is 10.5. The van der Waals surface area contributed by atoms with Crippen LogP contribution in [0.2, 0.25) is 0 Å². The molecule has 1 aliphatic carbocycles. The van der Waals surface area contributed by atoms with E-state index in [1.807, 2.05) is 18.2 Å². The van der Waals surface area contributed by atoms with Crippen LogP contribution in [0.3, 0.4) is 0 Å². The van der Waals surface area contributed by atoms with E-state index in [1.54, 1.807) is 0 Å². The molecule has 0 N–H and O–H groups in total. The largest absolute Gasteiger partial charge is 0.450 e. The van der Waals surface area contributed by atoms with Gasteiger partial charge in [-0.15, -0.1) is 0 Å². The summed E-state index contributed by atoms with van der Waals surface area (Å²) in [5, 5.41) is 5.68. The average Bonchev–Trinajstić information content (AvgIpc) is 3.68. The normalized spacial score (nSPS) is 13.7. The van der Waals surface area contributed by atoms with Crippen molar-refractivity contribution in [1.29, 1.82) is 0 Å². The summed E-state index contributed by atoms with van der Waals surface area (Å²) in [7, 11) is 0. The first kappa shape index (κ1) is 24.7. The Balaban J connectivity index is 1.37. The molecule has 0 saturated heterocycles. The van der Waals surface area contributed by atoms with Gasteiger partial charge in [0.2, 0.25) is 0 Å². The minimum absolute atomic E-state index is 0.0906. The quantitative estimate of drug-likeness (QED) is 0.205. The third-order valence-corrected chi connectivity index (χ3v) is 9.78. The summed E-state index contributed by atoms with van der Waals surface area (Å²) < 4.78 is 9.03. The van der Waals surface area contributed by atoms with E-state index < -0.39 is 0 Å². The fraction of sp³-hybridized carbons (Fsp3) is 0.0732. The molecule has 0 saturated carbocycles. The summed E-state index contributed by atoms with van der Waals surface area (Å²) in [5.74, 6) is 1.42. The van der Waals surface area contributed by atoms with Crippen LogP contribution in [-0.2, 0) is 5.41 Å². The third-order valence-electron chi connectivity index (χ3n) is 9.78. The van der Waals surface area contributed by atoms with Crippen LogP contribution >= 0.6 is 0 Å². The molecule has 4 nitrogen and oxygen atoms in total. The van der Waals surface area contributed by atoms with Crippen LogP contribution in [0.4, 0.5) is 0 Å². The molecule has 0 spiro atoms. The van der Waals surface area contributed by atoms with Crippen molar-refractivity contribution in [3.8, 4) is 28.3 Å². The molecule has 0 unspecified atom stereocenters. The molecule has 4 heteroatoms. The Labute approximate surface area is 259 Å². The Hall–Kier alpha value is -5.74. The van der Waals surface area contributed by atoms with Crippen LogP contribution in [0.1, 0.15) is 25.0 Å². The van der Waals surface area contributed by atoms with E-state index in [0.29, 0.717) is 11.4 Å². The van der Waals surface area contributed by atoms with Crippen molar-refractivity contribution < 1.29 is 4.42 Å². The van der Waals surface area contributed by atoms with Gasteiger partial charge in [0.05, 0.1) is 11.0 Å². The zero-order valence-corrected chi connectivity index (χ0v) is 24.9. The monoisotopic (exact) mass is 577 g/mol. The van der Waals surface area contributed by atoms with Gasteiger partial charge < -0.3 is 4.42 Å². The van der Waals surface area contributed by atoms with Crippen LogP contribution in [0.15, 0.2) is 132 Å². The first-order chi connectivity index (χ1) is 22.1. The number of fused-ring (bicyclic) bond motifs is 10. The number of furan rings is 1. The van der Waals surface area contributed by atoms with E-state index in [2.05, 4.69) is 128 Å². The number of benzene rings is 6. The van der Waals surface area contributed by atoms with Crippen LogP contribution in [-0.4, -0.2) is 14.5 Å². The molecule has 0 amide bonds. The molecule has 9 aromatic rings. The Bertz CT molecular complexity index is 2680. The first-order valence-corrected chi connectivity index (χ1v) is 15.4. The summed E-state index contributed by atoms with van der Waals surface area (Å²) in [5.41, 5.74) is 10.7. The van der Waals surface area contributed by atoms with E-state index >= 15 is 0 Å². The Morgan fingerprint density at radius 2 is 1.31 bits per heavy atom. The molecule has 0 aliphatic heterocycles. The standard InChI is InChI=1S/C41H27N3O/c1-41(2)32-18-10-8-16-27(32)29-23-35-30(22-33(29)41)28-17-9-11-19-34(28)44(35)40-38-37(42-39(43-40)24-12-4-3-5-13-24)31-20-25-14-6-7-15-26(25)21-36(31)45-38/h3-23H,1-2H3. The van der Waals surface area contributed by atoms with Crippen molar-refractivity contribution in [2.45, 2.75) is 19.3 Å². The number of hydrogen-bond donors (Lipinski definition) is 0. The minimum atomic E-state index is -0.0906. The lowest BCUT2D eigenvalue weighted by Gasteiger charge is -2.21. The fourth-order valence-electron chi connectivity index (χ4n) is 7.57. The highest BCUT2D eigenvalue weighted by Gasteiger charge is 2.36. The van der Waals surface area contributed by atoms with Gasteiger partial charge in [-0.25, -0.2) is 9.97 Å². The molecule has 0 bridgehead atoms. The molecular weight excluding hydrogens is 550 g/mol. The lowest BCUT2D eigenvalue weighted by atomic mass is 9.82. The number of aromatic nitrogens is 3. The molecule has 0 fully saturated rings. The molecular formula is C41H27N3O. The molecule has 1 aliphatic rings.